The monoisotopic (exact) mass is 941 g/mol. The molecule has 0 saturated carbocycles. The zero-order chi connectivity index (χ0) is 48.7. The lowest BCUT2D eigenvalue weighted by atomic mass is 9.67. The van der Waals surface area contributed by atoms with Gasteiger partial charge in [0, 0.05) is 22.1 Å². The zero-order valence-corrected chi connectivity index (χ0v) is 40.5. The van der Waals surface area contributed by atoms with E-state index < -0.39 is 5.41 Å². The number of benzene rings is 12. The predicted octanol–water partition coefficient (Wildman–Crippen LogP) is 18.7. The number of fused-ring (bicyclic) bond motifs is 10. The summed E-state index contributed by atoms with van der Waals surface area (Å²) in [5.74, 6) is -0.0867. The van der Waals surface area contributed by atoms with Crippen LogP contribution in [0.25, 0.3) is 93.6 Å². The summed E-state index contributed by atoms with van der Waals surface area (Å²) in [7, 11) is 0. The van der Waals surface area contributed by atoms with E-state index in [0.29, 0.717) is 0 Å². The molecule has 74 heavy (non-hydrogen) atoms. The largest absolute Gasteiger partial charge is 0.456 e. The molecule has 0 bridgehead atoms. The van der Waals surface area contributed by atoms with Crippen molar-refractivity contribution in [3.05, 3.63) is 318 Å². The van der Waals surface area contributed by atoms with E-state index in [1.165, 1.54) is 99.4 Å². The van der Waals surface area contributed by atoms with Gasteiger partial charge in [-0.05, 0) is 113 Å². The van der Waals surface area contributed by atoms with Gasteiger partial charge in [0.25, 0.3) is 0 Å². The minimum Gasteiger partial charge on any atom is -0.456 e. The fourth-order valence-corrected chi connectivity index (χ4v) is 12.9. The molecule has 0 fully saturated rings. The lowest BCUT2D eigenvalue weighted by Gasteiger charge is -2.34. The topological polar surface area (TPSA) is 18.1 Å². The van der Waals surface area contributed by atoms with E-state index in [9.17, 15) is 0 Å². The lowest BCUT2D eigenvalue weighted by Crippen LogP contribution is -2.28. The summed E-state index contributed by atoms with van der Waals surface area (Å²) in [5.41, 5.74) is 21.0. The third-order valence-electron chi connectivity index (χ3n) is 16.0. The average molecular weight is 942 g/mol. The maximum atomic E-state index is 6.41. The van der Waals surface area contributed by atoms with Crippen LogP contribution in [0.3, 0.4) is 0 Å². The highest BCUT2D eigenvalue weighted by Gasteiger charge is 2.46. The number of hydrogen-bond donors (Lipinski definition) is 0. The van der Waals surface area contributed by atoms with Gasteiger partial charge >= 0.3 is 0 Å². The van der Waals surface area contributed by atoms with Crippen molar-refractivity contribution in [3.63, 3.8) is 0 Å². The van der Waals surface area contributed by atoms with Gasteiger partial charge < -0.3 is 8.98 Å². The minimum absolute atomic E-state index is 0.0867. The number of para-hydroxylation sites is 2. The first-order valence-corrected chi connectivity index (χ1v) is 25.7. The molecule has 0 radical (unpaired) electrons. The average Bonchev–Trinajstić information content (AvgIpc) is 4.18. The molecule has 2 heterocycles. The van der Waals surface area contributed by atoms with Crippen LogP contribution in [0.1, 0.15) is 44.9 Å². The van der Waals surface area contributed by atoms with E-state index in [2.05, 4.69) is 278 Å². The van der Waals surface area contributed by atoms with Crippen LogP contribution in [0.2, 0.25) is 0 Å². The van der Waals surface area contributed by atoms with Gasteiger partial charge in [-0.2, -0.15) is 0 Å². The third kappa shape index (κ3) is 6.31. The molecule has 1 unspecified atom stereocenters. The van der Waals surface area contributed by atoms with Crippen LogP contribution in [0.4, 0.5) is 0 Å². The van der Waals surface area contributed by atoms with Crippen molar-refractivity contribution in [1.82, 2.24) is 4.57 Å². The highest BCUT2D eigenvalue weighted by Crippen LogP contribution is 2.57. The van der Waals surface area contributed by atoms with Gasteiger partial charge in [-0.15, -0.1) is 0 Å². The maximum Gasteiger partial charge on any atom is 0.137 e. The zero-order valence-electron chi connectivity index (χ0n) is 40.5. The lowest BCUT2D eigenvalue weighted by molar-refractivity contribution is 0.669. The van der Waals surface area contributed by atoms with Crippen molar-refractivity contribution in [2.45, 2.75) is 11.3 Å². The molecule has 0 amide bonds. The van der Waals surface area contributed by atoms with Crippen LogP contribution in [0.5, 0.6) is 0 Å². The Hall–Kier alpha value is -9.50. The summed E-state index contributed by atoms with van der Waals surface area (Å²) in [5, 5.41) is 7.19. The minimum atomic E-state index is -0.512. The Morgan fingerprint density at radius 2 is 0.919 bits per heavy atom. The number of aromatic nitrogens is 1. The number of nitrogens with zero attached hydrogens (tertiary/aromatic N) is 1. The fourth-order valence-electron chi connectivity index (χ4n) is 12.9. The van der Waals surface area contributed by atoms with Crippen LogP contribution in [-0.2, 0) is 5.41 Å². The summed E-state index contributed by atoms with van der Waals surface area (Å²) in [6, 6.07) is 103. The molecule has 2 nitrogen and oxygen atoms in total. The summed E-state index contributed by atoms with van der Waals surface area (Å²) >= 11 is 0. The Kier molecular flexibility index (Phi) is 9.58. The summed E-state index contributed by atoms with van der Waals surface area (Å²) < 4.78 is 8.83. The molecule has 0 aliphatic heterocycles. The van der Waals surface area contributed by atoms with E-state index in [4.69, 9.17) is 4.42 Å². The van der Waals surface area contributed by atoms with Crippen molar-refractivity contribution in [2.75, 3.05) is 0 Å². The highest BCUT2D eigenvalue weighted by atomic mass is 16.3. The summed E-state index contributed by atoms with van der Waals surface area (Å²) in [4.78, 5) is 0. The van der Waals surface area contributed by atoms with Crippen molar-refractivity contribution < 1.29 is 4.42 Å². The van der Waals surface area contributed by atoms with Gasteiger partial charge in [-0.1, -0.05) is 249 Å². The third-order valence-corrected chi connectivity index (χ3v) is 16.0. The molecule has 0 N–H and O–H groups in total. The molecule has 0 saturated heterocycles. The normalized spacial score (nSPS) is 13.2. The van der Waals surface area contributed by atoms with E-state index in [0.717, 1.165) is 33.1 Å². The van der Waals surface area contributed by atoms with Crippen LogP contribution in [0, 0.1) is 0 Å². The Morgan fingerprint density at radius 1 is 0.338 bits per heavy atom. The molecule has 1 atom stereocenters. The van der Waals surface area contributed by atoms with Crippen LogP contribution < -0.4 is 0 Å². The van der Waals surface area contributed by atoms with E-state index >= 15 is 0 Å². The van der Waals surface area contributed by atoms with E-state index in [1.54, 1.807) is 0 Å². The van der Waals surface area contributed by atoms with Crippen LogP contribution >= 0.6 is 0 Å². The Balaban J connectivity index is 0.893. The maximum absolute atomic E-state index is 6.41. The van der Waals surface area contributed by atoms with Gasteiger partial charge in [-0.3, -0.25) is 0 Å². The Labute approximate surface area is 429 Å². The van der Waals surface area contributed by atoms with E-state index in [-0.39, 0.29) is 5.92 Å². The molecule has 1 aliphatic rings. The molecule has 12 aromatic carbocycles. The van der Waals surface area contributed by atoms with Gasteiger partial charge in [0.05, 0.1) is 27.5 Å². The number of hydrogen-bond acceptors (Lipinski definition) is 1. The quantitative estimate of drug-likeness (QED) is 0.139. The highest BCUT2D eigenvalue weighted by molar-refractivity contribution is 6.15. The van der Waals surface area contributed by atoms with Crippen molar-refractivity contribution >= 4 is 54.5 Å². The smallest absolute Gasteiger partial charge is 0.137 e. The molecular weight excluding hydrogens is 895 g/mol. The second-order valence-electron chi connectivity index (χ2n) is 19.8. The predicted molar refractivity (Wildman–Crippen MR) is 308 cm³/mol. The molecule has 14 aromatic rings. The van der Waals surface area contributed by atoms with Crippen molar-refractivity contribution in [1.29, 1.82) is 0 Å². The first kappa shape index (κ1) is 42.2. The Morgan fingerprint density at radius 3 is 1.74 bits per heavy atom. The molecule has 1 aliphatic carbocycles. The van der Waals surface area contributed by atoms with Crippen LogP contribution in [0.15, 0.2) is 283 Å². The Bertz CT molecular complexity index is 4440. The van der Waals surface area contributed by atoms with Gasteiger partial charge in [0.1, 0.15) is 11.2 Å². The molecule has 2 heteroatoms. The van der Waals surface area contributed by atoms with Gasteiger partial charge in [-0.25, -0.2) is 0 Å². The SMILES string of the molecule is c1ccc(C2(c3ccccc3)c3ccccc3-c3ccc(C(c4ccccc4-c4ccc(-c5ccc6c7ccccc7n(-c7cccc8oc9ccccc9c78)c6c5)cc4)c4cccc5ccccc45)cc32)cc1. The molecule has 15 rings (SSSR count). The first-order chi connectivity index (χ1) is 36.7. The second-order valence-corrected chi connectivity index (χ2v) is 19.8. The summed E-state index contributed by atoms with van der Waals surface area (Å²) in [6.07, 6.45) is 0. The van der Waals surface area contributed by atoms with E-state index in [1.807, 2.05) is 6.07 Å². The number of furan rings is 1. The fraction of sp³-hybridized carbons (Fsp3) is 0.0278. The standard InChI is InChI=1S/C72H47NO/c1-3-21-52(22-4-1)72(53-23-5-2-6-24-53)63-32-14-11-27-56(63)57-43-42-51(45-64(57)72)70(61-31-17-20-48-19-7-8-25-54(48)61)60-29-10-9-26-55(60)49-39-37-47(38-40-49)50-41-44-59-58-28-12-15-33-65(58)73(67(59)46-50)66-34-18-36-69-71(66)62-30-13-16-35-68(62)74-69/h1-46,70H. The molecule has 0 spiro atoms. The van der Waals surface area contributed by atoms with Crippen molar-refractivity contribution in [2.24, 2.45) is 0 Å². The molecular formula is C72H47NO. The second kappa shape index (κ2) is 16.8. The molecule has 2 aromatic heterocycles. The van der Waals surface area contributed by atoms with Crippen molar-refractivity contribution in [3.8, 4) is 39.1 Å². The van der Waals surface area contributed by atoms with Gasteiger partial charge in [0.15, 0.2) is 0 Å². The first-order valence-electron chi connectivity index (χ1n) is 25.7. The van der Waals surface area contributed by atoms with Crippen LogP contribution in [-0.4, -0.2) is 4.57 Å². The molecule has 346 valence electrons. The number of rotatable bonds is 8. The van der Waals surface area contributed by atoms with Gasteiger partial charge in [0.2, 0.25) is 0 Å². The summed E-state index contributed by atoms with van der Waals surface area (Å²) in [6.45, 7) is 0.